The first kappa shape index (κ1) is 10.9. The molecule has 2 rings (SSSR count). The van der Waals surface area contributed by atoms with Crippen molar-refractivity contribution in [1.82, 2.24) is 10.3 Å². The highest BCUT2D eigenvalue weighted by Crippen LogP contribution is 2.12. The van der Waals surface area contributed by atoms with Crippen molar-refractivity contribution >= 4 is 0 Å². The molecule has 0 aliphatic heterocycles. The first-order valence-corrected chi connectivity index (χ1v) is 5.44. The summed E-state index contributed by atoms with van der Waals surface area (Å²) in [6.45, 7) is 4.87. The van der Waals surface area contributed by atoms with E-state index in [1.54, 1.807) is 6.26 Å². The Morgan fingerprint density at radius 3 is 2.88 bits per heavy atom. The Bertz CT molecular complexity index is 420. The molecule has 84 valence electrons. The van der Waals surface area contributed by atoms with Crippen LogP contribution in [0.3, 0.4) is 0 Å². The number of rotatable bonds is 4. The van der Waals surface area contributed by atoms with Gasteiger partial charge in [-0.15, -0.1) is 0 Å². The van der Waals surface area contributed by atoms with Crippen LogP contribution in [0.5, 0.6) is 0 Å². The summed E-state index contributed by atoms with van der Waals surface area (Å²) in [6, 6.07) is 8.21. The van der Waals surface area contributed by atoms with Gasteiger partial charge in [0.05, 0.1) is 12.3 Å². The smallest absolute Gasteiger partial charge is 0.120 e. The molecule has 0 aliphatic carbocycles. The van der Waals surface area contributed by atoms with Gasteiger partial charge in [-0.25, -0.2) is 0 Å². The second-order valence-corrected chi connectivity index (χ2v) is 3.93. The zero-order valence-corrected chi connectivity index (χ0v) is 9.60. The van der Waals surface area contributed by atoms with E-state index in [1.165, 1.54) is 5.56 Å². The number of hydrogen-bond donors (Lipinski definition) is 1. The number of aryl methyl sites for hydroxylation is 1. The molecular weight excluding hydrogens is 200 g/mol. The number of hydrogen-bond acceptors (Lipinski definition) is 3. The van der Waals surface area contributed by atoms with Crippen molar-refractivity contribution in [2.75, 3.05) is 0 Å². The van der Waals surface area contributed by atoms with E-state index in [0.29, 0.717) is 0 Å². The van der Waals surface area contributed by atoms with Crippen LogP contribution in [0.1, 0.15) is 30.0 Å². The minimum atomic E-state index is 0.219. The lowest BCUT2D eigenvalue weighted by atomic mass is 10.2. The summed E-state index contributed by atoms with van der Waals surface area (Å²) in [5.41, 5.74) is 2.23. The van der Waals surface area contributed by atoms with Crippen LogP contribution in [0.2, 0.25) is 0 Å². The number of nitrogens with zero attached hydrogens (tertiary/aromatic N) is 1. The molecule has 1 N–H and O–H groups in total. The van der Waals surface area contributed by atoms with Crippen molar-refractivity contribution in [3.8, 4) is 0 Å². The van der Waals surface area contributed by atoms with Crippen LogP contribution in [-0.2, 0) is 6.54 Å². The normalized spacial score (nSPS) is 12.6. The summed E-state index contributed by atoms with van der Waals surface area (Å²) in [5, 5.41) is 3.39. The fraction of sp³-hybridized carbons (Fsp3) is 0.308. The molecule has 2 aromatic rings. The van der Waals surface area contributed by atoms with Crippen molar-refractivity contribution in [1.29, 1.82) is 0 Å². The Hall–Kier alpha value is -1.61. The molecule has 3 heteroatoms. The number of furan rings is 1. The fourth-order valence-electron chi connectivity index (χ4n) is 1.51. The first-order chi connectivity index (χ1) is 7.75. The summed E-state index contributed by atoms with van der Waals surface area (Å²) in [7, 11) is 0. The van der Waals surface area contributed by atoms with Crippen LogP contribution >= 0.6 is 0 Å². The minimum Gasteiger partial charge on any atom is -0.468 e. The monoisotopic (exact) mass is 216 g/mol. The van der Waals surface area contributed by atoms with Gasteiger partial charge >= 0.3 is 0 Å². The number of pyridine rings is 1. The van der Waals surface area contributed by atoms with Gasteiger partial charge in [0.1, 0.15) is 5.76 Å². The molecule has 16 heavy (non-hydrogen) atoms. The van der Waals surface area contributed by atoms with Crippen molar-refractivity contribution in [3.63, 3.8) is 0 Å². The molecule has 1 atom stereocenters. The molecule has 0 radical (unpaired) electrons. The molecule has 0 aromatic carbocycles. The van der Waals surface area contributed by atoms with E-state index >= 15 is 0 Å². The zero-order valence-electron chi connectivity index (χ0n) is 9.60. The average molecular weight is 216 g/mol. The van der Waals surface area contributed by atoms with Crippen molar-refractivity contribution in [2.45, 2.75) is 26.4 Å². The lowest BCUT2D eigenvalue weighted by Gasteiger charge is -2.10. The molecule has 0 unspecified atom stereocenters. The minimum absolute atomic E-state index is 0.219. The largest absolute Gasteiger partial charge is 0.468 e. The third kappa shape index (κ3) is 2.70. The van der Waals surface area contributed by atoms with Crippen LogP contribution in [-0.4, -0.2) is 4.98 Å². The van der Waals surface area contributed by atoms with E-state index in [-0.39, 0.29) is 6.04 Å². The van der Waals surface area contributed by atoms with Gasteiger partial charge in [-0.1, -0.05) is 6.07 Å². The third-order valence-electron chi connectivity index (χ3n) is 2.55. The Kier molecular flexibility index (Phi) is 3.37. The summed E-state index contributed by atoms with van der Waals surface area (Å²) >= 11 is 0. The van der Waals surface area contributed by atoms with Gasteiger partial charge in [-0.2, -0.15) is 0 Å². The van der Waals surface area contributed by atoms with Gasteiger partial charge in [0, 0.05) is 18.4 Å². The van der Waals surface area contributed by atoms with Crippen LogP contribution < -0.4 is 5.32 Å². The highest BCUT2D eigenvalue weighted by Gasteiger charge is 2.06. The van der Waals surface area contributed by atoms with Crippen molar-refractivity contribution in [2.24, 2.45) is 0 Å². The van der Waals surface area contributed by atoms with Crippen LogP contribution in [0.25, 0.3) is 0 Å². The Balaban J connectivity index is 1.90. The van der Waals surface area contributed by atoms with E-state index in [9.17, 15) is 0 Å². The Morgan fingerprint density at radius 1 is 1.38 bits per heavy atom. The first-order valence-electron chi connectivity index (χ1n) is 5.44. The second-order valence-electron chi connectivity index (χ2n) is 3.93. The predicted molar refractivity (Wildman–Crippen MR) is 62.9 cm³/mol. The van der Waals surface area contributed by atoms with Gasteiger partial charge < -0.3 is 9.73 Å². The summed E-state index contributed by atoms with van der Waals surface area (Å²) in [5.74, 6) is 0.958. The second kappa shape index (κ2) is 4.94. The molecule has 0 saturated carbocycles. The zero-order chi connectivity index (χ0) is 11.4. The highest BCUT2D eigenvalue weighted by atomic mass is 16.3. The number of nitrogens with one attached hydrogen (secondary N) is 1. The van der Waals surface area contributed by atoms with Crippen LogP contribution in [0.15, 0.2) is 41.1 Å². The molecule has 0 spiro atoms. The van der Waals surface area contributed by atoms with E-state index < -0.39 is 0 Å². The van der Waals surface area contributed by atoms with Crippen LogP contribution in [0, 0.1) is 6.92 Å². The lowest BCUT2D eigenvalue weighted by Crippen LogP contribution is -2.17. The third-order valence-corrected chi connectivity index (χ3v) is 2.55. The van der Waals surface area contributed by atoms with Gasteiger partial charge in [-0.3, -0.25) is 4.98 Å². The standard InChI is InChI=1S/C13H16N2O/c1-10-5-6-12(8-14-10)9-15-11(2)13-4-3-7-16-13/h3-8,11,15H,9H2,1-2H3/t11-/m1/s1. The molecule has 0 bridgehead atoms. The topological polar surface area (TPSA) is 38.1 Å². The molecule has 0 aliphatic rings. The number of aromatic nitrogens is 1. The van der Waals surface area contributed by atoms with E-state index in [4.69, 9.17) is 4.42 Å². The van der Waals surface area contributed by atoms with E-state index in [1.807, 2.05) is 31.3 Å². The summed E-state index contributed by atoms with van der Waals surface area (Å²) in [6.07, 6.45) is 3.60. The van der Waals surface area contributed by atoms with E-state index in [0.717, 1.165) is 18.0 Å². The predicted octanol–water partition coefficient (Wildman–Crippen LogP) is 2.83. The molecule has 0 fully saturated rings. The van der Waals surface area contributed by atoms with Gasteiger partial charge in [0.2, 0.25) is 0 Å². The molecule has 0 amide bonds. The SMILES string of the molecule is Cc1ccc(CN[C@H](C)c2ccco2)cn1. The average Bonchev–Trinajstić information content (AvgIpc) is 2.81. The molecule has 0 saturated heterocycles. The van der Waals surface area contributed by atoms with Crippen LogP contribution in [0.4, 0.5) is 0 Å². The van der Waals surface area contributed by atoms with Crippen molar-refractivity contribution in [3.05, 3.63) is 53.7 Å². The quantitative estimate of drug-likeness (QED) is 0.854. The van der Waals surface area contributed by atoms with E-state index in [2.05, 4.69) is 23.3 Å². The van der Waals surface area contributed by atoms with Gasteiger partial charge in [0.25, 0.3) is 0 Å². The molecule has 3 nitrogen and oxygen atoms in total. The Labute approximate surface area is 95.5 Å². The summed E-state index contributed by atoms with van der Waals surface area (Å²) < 4.78 is 5.32. The van der Waals surface area contributed by atoms with Crippen molar-refractivity contribution < 1.29 is 4.42 Å². The maximum Gasteiger partial charge on any atom is 0.120 e. The Morgan fingerprint density at radius 2 is 2.25 bits per heavy atom. The molecule has 2 aromatic heterocycles. The van der Waals surface area contributed by atoms with Gasteiger partial charge in [0.15, 0.2) is 0 Å². The lowest BCUT2D eigenvalue weighted by molar-refractivity contribution is 0.430. The molecular formula is C13H16N2O. The maximum absolute atomic E-state index is 5.32. The highest BCUT2D eigenvalue weighted by molar-refractivity contribution is 5.13. The van der Waals surface area contributed by atoms with Gasteiger partial charge in [-0.05, 0) is 37.6 Å². The summed E-state index contributed by atoms with van der Waals surface area (Å²) in [4.78, 5) is 4.26. The fourth-order valence-corrected chi connectivity index (χ4v) is 1.51. The molecule has 2 heterocycles. The maximum atomic E-state index is 5.32.